The summed E-state index contributed by atoms with van der Waals surface area (Å²) in [4.78, 5) is 25.0. The van der Waals surface area contributed by atoms with Crippen LogP contribution < -0.4 is 15.0 Å². The predicted molar refractivity (Wildman–Crippen MR) is 122 cm³/mol. The number of para-hydroxylation sites is 1. The van der Waals surface area contributed by atoms with E-state index in [9.17, 15) is 9.90 Å². The van der Waals surface area contributed by atoms with E-state index in [1.54, 1.807) is 18.2 Å². The molecule has 5 rings (SSSR count). The molecule has 0 bridgehead atoms. The fraction of sp³-hybridized carbons (Fsp3) is 0.227. The first-order valence-electron chi connectivity index (χ1n) is 9.93. The molecule has 1 aromatic heterocycles. The van der Waals surface area contributed by atoms with Gasteiger partial charge in [0.15, 0.2) is 6.73 Å². The standard InChI is InChI=1S/C22H19Cl2N5O3/c1-28-9-12-5-6-13(7-14(12)18(30)10-28)26-22-25-8-15-20(27-22)32-11-29(21(15)31)19-16(23)3-2-4-17(19)24/h2-8,18,30H,9-11H2,1H3,(H,25,26,27). The Hall–Kier alpha value is -2.91. The molecule has 1 atom stereocenters. The van der Waals surface area contributed by atoms with Gasteiger partial charge in [-0.3, -0.25) is 14.6 Å². The van der Waals surface area contributed by atoms with Gasteiger partial charge < -0.3 is 15.2 Å². The van der Waals surface area contributed by atoms with E-state index in [0.717, 1.165) is 23.4 Å². The second-order valence-electron chi connectivity index (χ2n) is 7.74. The number of β-amino-alcohol motifs (C(OH)–C–C–N with tert-alkyl or cyclic N) is 1. The lowest BCUT2D eigenvalue weighted by Gasteiger charge is -2.30. The summed E-state index contributed by atoms with van der Waals surface area (Å²) in [6.45, 7) is 1.28. The first kappa shape index (κ1) is 21.0. The fourth-order valence-electron chi connectivity index (χ4n) is 3.93. The van der Waals surface area contributed by atoms with Crippen LogP contribution in [-0.2, 0) is 6.54 Å². The third kappa shape index (κ3) is 3.75. The number of aliphatic hydroxyl groups is 1. The van der Waals surface area contributed by atoms with Gasteiger partial charge in [-0.2, -0.15) is 4.98 Å². The number of halogens is 2. The molecule has 0 saturated carbocycles. The van der Waals surface area contributed by atoms with Gasteiger partial charge in [0.05, 0.1) is 21.8 Å². The van der Waals surface area contributed by atoms with Crippen molar-refractivity contribution in [1.29, 1.82) is 0 Å². The van der Waals surface area contributed by atoms with Gasteiger partial charge in [0.1, 0.15) is 5.56 Å². The molecule has 0 spiro atoms. The molecule has 3 heterocycles. The first-order chi connectivity index (χ1) is 15.4. The van der Waals surface area contributed by atoms with Crippen molar-refractivity contribution in [2.45, 2.75) is 12.6 Å². The monoisotopic (exact) mass is 471 g/mol. The number of anilines is 3. The summed E-state index contributed by atoms with van der Waals surface area (Å²) in [5.41, 5.74) is 3.28. The zero-order valence-corrected chi connectivity index (χ0v) is 18.6. The van der Waals surface area contributed by atoms with Gasteiger partial charge in [-0.05, 0) is 42.4 Å². The number of carbonyl (C=O) groups is 1. The largest absolute Gasteiger partial charge is 0.455 e. The Balaban J connectivity index is 1.39. The molecule has 0 saturated heterocycles. The van der Waals surface area contributed by atoms with Crippen molar-refractivity contribution in [1.82, 2.24) is 14.9 Å². The Labute approximate surface area is 194 Å². The molecule has 2 N–H and O–H groups in total. The molecule has 164 valence electrons. The molecule has 10 heteroatoms. The minimum Gasteiger partial charge on any atom is -0.455 e. The lowest BCUT2D eigenvalue weighted by molar-refractivity contribution is 0.0932. The number of amides is 1. The van der Waals surface area contributed by atoms with Crippen molar-refractivity contribution in [3.05, 3.63) is 69.3 Å². The Morgan fingerprint density at radius 3 is 2.78 bits per heavy atom. The lowest BCUT2D eigenvalue weighted by Crippen LogP contribution is -2.39. The maximum Gasteiger partial charge on any atom is 0.268 e. The average Bonchev–Trinajstić information content (AvgIpc) is 2.75. The minimum absolute atomic E-state index is 0.0791. The number of nitrogens with one attached hydrogen (secondary N) is 1. The summed E-state index contributed by atoms with van der Waals surface area (Å²) < 4.78 is 5.72. The Kier molecular flexibility index (Phi) is 5.38. The number of aliphatic hydroxyl groups excluding tert-OH is 1. The Bertz CT molecular complexity index is 1200. The molecule has 2 aliphatic heterocycles. The number of fused-ring (bicyclic) bond motifs is 2. The van der Waals surface area contributed by atoms with Gasteiger partial charge >= 0.3 is 0 Å². The Morgan fingerprint density at radius 1 is 1.22 bits per heavy atom. The number of ether oxygens (including phenoxy) is 1. The Morgan fingerprint density at radius 2 is 2.00 bits per heavy atom. The van der Waals surface area contributed by atoms with Crippen LogP contribution in [0.15, 0.2) is 42.6 Å². The number of nitrogens with zero attached hydrogens (tertiary/aromatic N) is 4. The summed E-state index contributed by atoms with van der Waals surface area (Å²) in [5.74, 6) is 0.100. The van der Waals surface area contributed by atoms with E-state index in [4.69, 9.17) is 27.9 Å². The molecule has 32 heavy (non-hydrogen) atoms. The van der Waals surface area contributed by atoms with Gasteiger partial charge in [0.2, 0.25) is 11.8 Å². The SMILES string of the molecule is CN1Cc2ccc(Nc3ncc4c(n3)OCN(c3c(Cl)cccc3Cl)C4=O)cc2C(O)C1. The summed E-state index contributed by atoms with van der Waals surface area (Å²) in [6.07, 6.45) is 0.852. The van der Waals surface area contributed by atoms with E-state index in [1.807, 2.05) is 25.2 Å². The number of benzene rings is 2. The van der Waals surface area contributed by atoms with E-state index in [0.29, 0.717) is 22.3 Å². The normalized spacial score (nSPS) is 18.1. The number of hydrogen-bond acceptors (Lipinski definition) is 7. The van der Waals surface area contributed by atoms with Crippen LogP contribution in [0.3, 0.4) is 0 Å². The number of rotatable bonds is 3. The second kappa shape index (κ2) is 8.22. The van der Waals surface area contributed by atoms with E-state index >= 15 is 0 Å². The van der Waals surface area contributed by atoms with Gasteiger partial charge in [0, 0.05) is 25.0 Å². The van der Waals surface area contributed by atoms with Crippen molar-refractivity contribution < 1.29 is 14.6 Å². The average molecular weight is 472 g/mol. The fourth-order valence-corrected chi connectivity index (χ4v) is 4.53. The molecular formula is C22H19Cl2N5O3. The molecular weight excluding hydrogens is 453 g/mol. The van der Waals surface area contributed by atoms with Crippen molar-refractivity contribution in [3.63, 3.8) is 0 Å². The highest BCUT2D eigenvalue weighted by atomic mass is 35.5. The van der Waals surface area contributed by atoms with Gasteiger partial charge in [-0.15, -0.1) is 0 Å². The third-order valence-electron chi connectivity index (χ3n) is 5.45. The lowest BCUT2D eigenvalue weighted by atomic mass is 9.97. The number of hydrogen-bond donors (Lipinski definition) is 2. The van der Waals surface area contributed by atoms with Crippen molar-refractivity contribution in [2.24, 2.45) is 0 Å². The van der Waals surface area contributed by atoms with Crippen LogP contribution in [0.2, 0.25) is 10.0 Å². The zero-order chi connectivity index (χ0) is 22.4. The smallest absolute Gasteiger partial charge is 0.268 e. The molecule has 1 unspecified atom stereocenters. The maximum atomic E-state index is 13.0. The molecule has 3 aromatic rings. The van der Waals surface area contributed by atoms with Crippen LogP contribution in [0.25, 0.3) is 0 Å². The molecule has 2 aromatic carbocycles. The highest BCUT2D eigenvalue weighted by Gasteiger charge is 2.31. The summed E-state index contributed by atoms with van der Waals surface area (Å²) in [7, 11) is 1.97. The number of carbonyl (C=O) groups excluding carboxylic acids is 1. The maximum absolute atomic E-state index is 13.0. The van der Waals surface area contributed by atoms with E-state index in [1.165, 1.54) is 11.1 Å². The molecule has 2 aliphatic rings. The number of likely N-dealkylation sites (N-methyl/N-ethyl adjacent to an activating group) is 1. The van der Waals surface area contributed by atoms with Crippen LogP contribution in [0, 0.1) is 0 Å². The molecule has 0 aliphatic carbocycles. The third-order valence-corrected chi connectivity index (χ3v) is 6.06. The zero-order valence-electron chi connectivity index (χ0n) is 17.0. The van der Waals surface area contributed by atoms with Crippen LogP contribution in [0.5, 0.6) is 5.88 Å². The van der Waals surface area contributed by atoms with Crippen molar-refractivity contribution in [3.8, 4) is 5.88 Å². The first-order valence-corrected chi connectivity index (χ1v) is 10.7. The van der Waals surface area contributed by atoms with E-state index in [-0.39, 0.29) is 30.0 Å². The van der Waals surface area contributed by atoms with E-state index in [2.05, 4.69) is 20.2 Å². The number of aromatic nitrogens is 2. The van der Waals surface area contributed by atoms with Crippen molar-refractivity contribution in [2.75, 3.05) is 30.5 Å². The highest BCUT2D eigenvalue weighted by molar-refractivity contribution is 6.40. The summed E-state index contributed by atoms with van der Waals surface area (Å²) >= 11 is 12.5. The van der Waals surface area contributed by atoms with Crippen LogP contribution >= 0.6 is 23.2 Å². The highest BCUT2D eigenvalue weighted by Crippen LogP contribution is 2.37. The van der Waals surface area contributed by atoms with Crippen LogP contribution in [0.4, 0.5) is 17.3 Å². The summed E-state index contributed by atoms with van der Waals surface area (Å²) in [5, 5.41) is 14.2. The minimum atomic E-state index is -0.557. The molecule has 0 fully saturated rings. The van der Waals surface area contributed by atoms with Crippen LogP contribution in [-0.4, -0.2) is 46.2 Å². The van der Waals surface area contributed by atoms with Gasteiger partial charge in [-0.25, -0.2) is 4.98 Å². The predicted octanol–water partition coefficient (Wildman–Crippen LogP) is 4.00. The van der Waals surface area contributed by atoms with Crippen molar-refractivity contribution >= 4 is 46.4 Å². The molecule has 8 nitrogen and oxygen atoms in total. The molecule has 1 amide bonds. The molecule has 0 radical (unpaired) electrons. The second-order valence-corrected chi connectivity index (χ2v) is 8.55. The van der Waals surface area contributed by atoms with Gasteiger partial charge in [-0.1, -0.05) is 35.3 Å². The van der Waals surface area contributed by atoms with Crippen LogP contribution in [0.1, 0.15) is 27.6 Å². The summed E-state index contributed by atoms with van der Waals surface area (Å²) in [6, 6.07) is 10.8. The topological polar surface area (TPSA) is 90.8 Å². The quantitative estimate of drug-likeness (QED) is 0.596. The van der Waals surface area contributed by atoms with Gasteiger partial charge in [0.25, 0.3) is 5.91 Å². The van der Waals surface area contributed by atoms with E-state index < -0.39 is 6.10 Å².